The lowest BCUT2D eigenvalue weighted by Crippen LogP contribution is -2.61. The van der Waals surface area contributed by atoms with Crippen molar-refractivity contribution in [3.05, 3.63) is 0 Å². The van der Waals surface area contributed by atoms with Gasteiger partial charge in [-0.2, -0.15) is 0 Å². The van der Waals surface area contributed by atoms with E-state index < -0.39 is 6.04 Å². The first-order valence-corrected chi connectivity index (χ1v) is 6.02. The second-order valence-corrected chi connectivity index (χ2v) is 4.82. The van der Waals surface area contributed by atoms with E-state index in [1.165, 1.54) is 4.90 Å². The molecule has 0 bridgehead atoms. The molecule has 2 aliphatic rings. The Morgan fingerprint density at radius 1 is 1.39 bits per heavy atom. The highest BCUT2D eigenvalue weighted by atomic mass is 16.2. The molecule has 2 fully saturated rings. The van der Waals surface area contributed by atoms with Gasteiger partial charge in [-0.05, 0) is 0 Å². The second kappa shape index (κ2) is 5.03. The summed E-state index contributed by atoms with van der Waals surface area (Å²) in [6.07, 6.45) is 0.149. The van der Waals surface area contributed by atoms with Gasteiger partial charge in [0.05, 0.1) is 12.5 Å². The van der Waals surface area contributed by atoms with Crippen molar-refractivity contribution >= 4 is 17.7 Å². The molecule has 0 saturated carbocycles. The van der Waals surface area contributed by atoms with Crippen molar-refractivity contribution in [3.8, 4) is 0 Å². The molecule has 0 radical (unpaired) electrons. The monoisotopic (exact) mass is 254 g/mol. The van der Waals surface area contributed by atoms with Crippen LogP contribution in [0.25, 0.3) is 0 Å². The average molecular weight is 254 g/mol. The van der Waals surface area contributed by atoms with Gasteiger partial charge in [-0.1, -0.05) is 0 Å². The molecule has 2 rings (SSSR count). The molecular formula is C11H18N4O3. The predicted molar refractivity (Wildman–Crippen MR) is 63.6 cm³/mol. The van der Waals surface area contributed by atoms with E-state index in [2.05, 4.69) is 10.6 Å². The lowest BCUT2D eigenvalue weighted by Gasteiger charge is -2.38. The highest BCUT2D eigenvalue weighted by Crippen LogP contribution is 2.17. The Morgan fingerprint density at radius 2 is 2.11 bits per heavy atom. The first kappa shape index (κ1) is 13.0. The lowest BCUT2D eigenvalue weighted by molar-refractivity contribution is -0.138. The summed E-state index contributed by atoms with van der Waals surface area (Å²) in [5.74, 6) is -0.604. The number of piperazine rings is 1. The predicted octanol–water partition coefficient (Wildman–Crippen LogP) is -2.24. The van der Waals surface area contributed by atoms with Crippen LogP contribution in [0.15, 0.2) is 0 Å². The minimum atomic E-state index is -0.506. The molecule has 0 aliphatic carbocycles. The molecule has 2 aliphatic heterocycles. The lowest BCUT2D eigenvalue weighted by atomic mass is 10.1. The third kappa shape index (κ3) is 2.37. The van der Waals surface area contributed by atoms with Crippen LogP contribution < -0.4 is 10.6 Å². The minimum Gasteiger partial charge on any atom is -0.347 e. The number of hydrogen-bond donors (Lipinski definition) is 2. The molecule has 0 spiro atoms. The van der Waals surface area contributed by atoms with E-state index in [0.29, 0.717) is 13.1 Å². The Morgan fingerprint density at radius 3 is 2.67 bits per heavy atom. The van der Waals surface area contributed by atoms with Crippen molar-refractivity contribution in [1.82, 2.24) is 20.4 Å². The molecule has 0 aromatic heterocycles. The molecule has 2 unspecified atom stereocenters. The van der Waals surface area contributed by atoms with Gasteiger partial charge < -0.3 is 10.2 Å². The number of hydrogen-bond acceptors (Lipinski definition) is 5. The number of carbonyl (C=O) groups excluding carboxylic acids is 3. The van der Waals surface area contributed by atoms with Crippen LogP contribution in [0.4, 0.5) is 0 Å². The fourth-order valence-electron chi connectivity index (χ4n) is 2.43. The van der Waals surface area contributed by atoms with Gasteiger partial charge in [0.1, 0.15) is 6.04 Å². The fraction of sp³-hybridized carbons (Fsp3) is 0.727. The fourth-order valence-corrected chi connectivity index (χ4v) is 2.43. The van der Waals surface area contributed by atoms with Crippen molar-refractivity contribution < 1.29 is 14.4 Å². The van der Waals surface area contributed by atoms with Gasteiger partial charge >= 0.3 is 0 Å². The molecule has 2 N–H and O–H groups in total. The zero-order valence-corrected chi connectivity index (χ0v) is 10.6. The summed E-state index contributed by atoms with van der Waals surface area (Å²) in [5.41, 5.74) is 0. The van der Waals surface area contributed by atoms with Crippen molar-refractivity contribution in [3.63, 3.8) is 0 Å². The highest BCUT2D eigenvalue weighted by Gasteiger charge is 2.42. The molecule has 2 heterocycles. The van der Waals surface area contributed by atoms with Crippen LogP contribution in [0.2, 0.25) is 0 Å². The van der Waals surface area contributed by atoms with E-state index in [9.17, 15) is 14.4 Å². The summed E-state index contributed by atoms with van der Waals surface area (Å²) in [4.78, 5) is 38.4. The summed E-state index contributed by atoms with van der Waals surface area (Å²) >= 11 is 0. The average Bonchev–Trinajstić information content (AvgIpc) is 2.67. The van der Waals surface area contributed by atoms with E-state index >= 15 is 0 Å². The van der Waals surface area contributed by atoms with Crippen molar-refractivity contribution in [2.75, 3.05) is 33.7 Å². The molecule has 18 heavy (non-hydrogen) atoms. The van der Waals surface area contributed by atoms with E-state index in [-0.39, 0.29) is 30.2 Å². The van der Waals surface area contributed by atoms with Gasteiger partial charge in [-0.15, -0.1) is 0 Å². The maximum absolute atomic E-state index is 12.1. The van der Waals surface area contributed by atoms with Crippen LogP contribution >= 0.6 is 0 Å². The topological polar surface area (TPSA) is 81.8 Å². The van der Waals surface area contributed by atoms with Gasteiger partial charge in [0.15, 0.2) is 0 Å². The van der Waals surface area contributed by atoms with Crippen LogP contribution in [-0.2, 0) is 14.4 Å². The molecule has 7 heteroatoms. The molecule has 2 saturated heterocycles. The Labute approximate surface area is 105 Å². The third-order valence-corrected chi connectivity index (χ3v) is 3.35. The van der Waals surface area contributed by atoms with Gasteiger partial charge in [0.25, 0.3) is 0 Å². The summed E-state index contributed by atoms with van der Waals surface area (Å²) in [6, 6.07) is -0.885. The van der Waals surface area contributed by atoms with Crippen molar-refractivity contribution in [2.24, 2.45) is 0 Å². The van der Waals surface area contributed by atoms with Crippen LogP contribution in [-0.4, -0.2) is 73.3 Å². The summed E-state index contributed by atoms with van der Waals surface area (Å²) in [5, 5.41) is 5.43. The Balaban J connectivity index is 2.15. The maximum atomic E-state index is 12.1. The Bertz CT molecular complexity index is 382. The molecule has 0 aromatic rings. The SMILES string of the molecule is CN(C)C(=O)C1CNCCN1C1CC(=O)NC1=O. The van der Waals surface area contributed by atoms with Crippen molar-refractivity contribution in [2.45, 2.75) is 18.5 Å². The molecular weight excluding hydrogens is 236 g/mol. The number of imide groups is 1. The van der Waals surface area contributed by atoms with E-state index in [0.717, 1.165) is 6.54 Å². The smallest absolute Gasteiger partial charge is 0.244 e. The number of rotatable bonds is 2. The van der Waals surface area contributed by atoms with Crippen molar-refractivity contribution in [1.29, 1.82) is 0 Å². The normalized spacial score (nSPS) is 29.2. The van der Waals surface area contributed by atoms with Gasteiger partial charge in [-0.3, -0.25) is 24.6 Å². The molecule has 3 amide bonds. The van der Waals surface area contributed by atoms with E-state index in [1.807, 2.05) is 4.90 Å². The summed E-state index contributed by atoms with van der Waals surface area (Å²) < 4.78 is 0. The van der Waals surface area contributed by atoms with E-state index in [1.54, 1.807) is 14.1 Å². The van der Waals surface area contributed by atoms with Gasteiger partial charge in [-0.25, -0.2) is 0 Å². The Kier molecular flexibility index (Phi) is 3.63. The third-order valence-electron chi connectivity index (χ3n) is 3.35. The minimum absolute atomic E-state index is 0.0469. The molecule has 7 nitrogen and oxygen atoms in total. The first-order chi connectivity index (χ1) is 8.50. The van der Waals surface area contributed by atoms with Crippen LogP contribution in [0.1, 0.15) is 6.42 Å². The van der Waals surface area contributed by atoms with Gasteiger partial charge in [0, 0.05) is 33.7 Å². The Hall–Kier alpha value is -1.47. The highest BCUT2D eigenvalue weighted by molar-refractivity contribution is 6.05. The van der Waals surface area contributed by atoms with Gasteiger partial charge in [0.2, 0.25) is 17.7 Å². The zero-order chi connectivity index (χ0) is 13.3. The number of nitrogens with one attached hydrogen (secondary N) is 2. The van der Waals surface area contributed by atoms with Crippen LogP contribution in [0, 0.1) is 0 Å². The molecule has 0 aromatic carbocycles. The van der Waals surface area contributed by atoms with E-state index in [4.69, 9.17) is 0 Å². The summed E-state index contributed by atoms with van der Waals surface area (Å²) in [6.45, 7) is 1.82. The molecule has 100 valence electrons. The quantitative estimate of drug-likeness (QED) is 0.545. The number of carbonyl (C=O) groups is 3. The maximum Gasteiger partial charge on any atom is 0.244 e. The second-order valence-electron chi connectivity index (χ2n) is 4.82. The summed E-state index contributed by atoms with van der Waals surface area (Å²) in [7, 11) is 3.38. The first-order valence-electron chi connectivity index (χ1n) is 6.02. The largest absolute Gasteiger partial charge is 0.347 e. The number of nitrogens with zero attached hydrogens (tertiary/aromatic N) is 2. The number of likely N-dealkylation sites (N-methyl/N-ethyl adjacent to an activating group) is 1. The van der Waals surface area contributed by atoms with Crippen LogP contribution in [0.5, 0.6) is 0 Å². The molecule has 2 atom stereocenters. The number of amides is 3. The zero-order valence-electron chi connectivity index (χ0n) is 10.6. The van der Waals surface area contributed by atoms with Crippen LogP contribution in [0.3, 0.4) is 0 Å². The standard InChI is InChI=1S/C11H18N4O3/c1-14(2)11(18)8-6-12-3-4-15(8)7-5-9(16)13-10(7)17/h7-8,12H,3-6H2,1-2H3,(H,13,16,17).